The first-order chi connectivity index (χ1) is 7.38. The lowest BCUT2D eigenvalue weighted by Crippen LogP contribution is -2.32. The lowest BCUT2D eigenvalue weighted by Gasteiger charge is -2.27. The summed E-state index contributed by atoms with van der Waals surface area (Å²) in [5.41, 5.74) is 2.74. The summed E-state index contributed by atoms with van der Waals surface area (Å²) in [6.45, 7) is 3.27. The molecule has 0 aliphatic carbocycles. The van der Waals surface area contributed by atoms with E-state index in [2.05, 4.69) is 46.6 Å². The minimum Gasteiger partial charge on any atom is -0.391 e. The van der Waals surface area contributed by atoms with Crippen molar-refractivity contribution in [3.63, 3.8) is 0 Å². The van der Waals surface area contributed by atoms with Crippen LogP contribution in [0.1, 0.15) is 12.0 Å². The number of nitrogens with zero attached hydrogens (tertiary/aromatic N) is 1. The van der Waals surface area contributed by atoms with Crippen LogP contribution in [0.3, 0.4) is 0 Å². The second kappa shape index (κ2) is 4.99. The van der Waals surface area contributed by atoms with Crippen LogP contribution >= 0.6 is 0 Å². The molecule has 2 nitrogen and oxygen atoms in total. The summed E-state index contributed by atoms with van der Waals surface area (Å²) in [5, 5.41) is 3.24. The Morgan fingerprint density at radius 2 is 2.07 bits per heavy atom. The highest BCUT2D eigenvalue weighted by Crippen LogP contribution is 2.11. The average Bonchev–Trinajstić information content (AvgIpc) is 2.31. The fraction of sp³-hybridized carbons (Fsp3) is 0.385. The summed E-state index contributed by atoms with van der Waals surface area (Å²) in [6, 6.07) is 10.7. The fourth-order valence-electron chi connectivity index (χ4n) is 1.96. The molecular weight excluding hydrogens is 184 g/mol. The Morgan fingerprint density at radius 1 is 1.27 bits per heavy atom. The van der Waals surface area contributed by atoms with Crippen LogP contribution in [0.2, 0.25) is 0 Å². The van der Waals surface area contributed by atoms with E-state index >= 15 is 0 Å². The molecule has 0 unspecified atom stereocenters. The number of nitrogens with one attached hydrogen (secondary N) is 1. The molecule has 1 aliphatic heterocycles. The first kappa shape index (κ1) is 10.2. The van der Waals surface area contributed by atoms with Crippen LogP contribution < -0.4 is 5.32 Å². The van der Waals surface area contributed by atoms with Crippen molar-refractivity contribution < 1.29 is 0 Å². The predicted molar refractivity (Wildman–Crippen MR) is 63.5 cm³/mol. The summed E-state index contributed by atoms with van der Waals surface area (Å²) in [7, 11) is 2.00. The molecule has 0 amide bonds. The molecule has 0 fully saturated rings. The maximum atomic E-state index is 3.24. The number of hydrogen-bond donors (Lipinski definition) is 1. The van der Waals surface area contributed by atoms with E-state index in [0.29, 0.717) is 0 Å². The molecule has 0 radical (unpaired) electrons. The second-order valence-corrected chi connectivity index (χ2v) is 3.96. The van der Waals surface area contributed by atoms with Gasteiger partial charge in [-0.3, -0.25) is 4.90 Å². The Bertz CT molecular complexity index is 330. The quantitative estimate of drug-likeness (QED) is 0.806. The maximum absolute atomic E-state index is 3.24. The first-order valence-electron chi connectivity index (χ1n) is 5.51. The van der Waals surface area contributed by atoms with Gasteiger partial charge in [0, 0.05) is 32.4 Å². The number of hydrogen-bond acceptors (Lipinski definition) is 2. The second-order valence-electron chi connectivity index (χ2n) is 3.96. The van der Waals surface area contributed by atoms with E-state index in [0.717, 1.165) is 19.5 Å². The van der Waals surface area contributed by atoms with Gasteiger partial charge < -0.3 is 5.32 Å². The van der Waals surface area contributed by atoms with E-state index in [-0.39, 0.29) is 0 Å². The van der Waals surface area contributed by atoms with Crippen molar-refractivity contribution in [1.29, 1.82) is 0 Å². The smallest absolute Gasteiger partial charge is 0.0382 e. The summed E-state index contributed by atoms with van der Waals surface area (Å²) >= 11 is 0. The van der Waals surface area contributed by atoms with Crippen LogP contribution in [0.25, 0.3) is 0 Å². The van der Waals surface area contributed by atoms with E-state index in [4.69, 9.17) is 0 Å². The van der Waals surface area contributed by atoms with Gasteiger partial charge in [-0.2, -0.15) is 0 Å². The molecule has 0 saturated carbocycles. The average molecular weight is 202 g/mol. The van der Waals surface area contributed by atoms with Crippen LogP contribution in [-0.4, -0.2) is 25.0 Å². The van der Waals surface area contributed by atoms with Crippen LogP contribution in [0, 0.1) is 0 Å². The van der Waals surface area contributed by atoms with Gasteiger partial charge in [-0.05, 0) is 12.0 Å². The highest BCUT2D eigenvalue weighted by Gasteiger charge is 2.11. The van der Waals surface area contributed by atoms with Crippen molar-refractivity contribution in [2.45, 2.75) is 13.0 Å². The third-order valence-electron chi connectivity index (χ3n) is 2.80. The van der Waals surface area contributed by atoms with Crippen LogP contribution in [0.4, 0.5) is 0 Å². The molecule has 1 heterocycles. The summed E-state index contributed by atoms with van der Waals surface area (Å²) in [6.07, 6.45) is 3.45. The zero-order chi connectivity index (χ0) is 10.5. The molecule has 1 aliphatic rings. The molecule has 0 aromatic heterocycles. The monoisotopic (exact) mass is 202 g/mol. The summed E-state index contributed by atoms with van der Waals surface area (Å²) in [5.74, 6) is 0. The van der Waals surface area contributed by atoms with Gasteiger partial charge in [0.2, 0.25) is 0 Å². The maximum Gasteiger partial charge on any atom is 0.0382 e. The summed E-state index contributed by atoms with van der Waals surface area (Å²) in [4.78, 5) is 2.47. The molecule has 2 rings (SSSR count). The zero-order valence-electron chi connectivity index (χ0n) is 9.24. The predicted octanol–water partition coefficient (Wildman–Crippen LogP) is 2.00. The third-order valence-corrected chi connectivity index (χ3v) is 2.80. The first-order valence-corrected chi connectivity index (χ1v) is 5.51. The highest BCUT2D eigenvalue weighted by atomic mass is 15.1. The molecule has 1 N–H and O–H groups in total. The van der Waals surface area contributed by atoms with E-state index in [1.165, 1.54) is 17.8 Å². The van der Waals surface area contributed by atoms with Crippen LogP contribution in [-0.2, 0) is 6.54 Å². The van der Waals surface area contributed by atoms with Gasteiger partial charge in [-0.15, -0.1) is 0 Å². The Hall–Kier alpha value is -1.28. The topological polar surface area (TPSA) is 15.3 Å². The standard InChI is InChI=1S/C13H18N2/c1-14-13-8-5-9-15(11-13)10-12-6-3-2-4-7-12/h2-4,6-8,14H,5,9-11H2,1H3. The van der Waals surface area contributed by atoms with Gasteiger partial charge in [0.15, 0.2) is 0 Å². The van der Waals surface area contributed by atoms with Crippen molar-refractivity contribution in [2.24, 2.45) is 0 Å². The fourth-order valence-corrected chi connectivity index (χ4v) is 1.96. The lowest BCUT2D eigenvalue weighted by atomic mass is 10.1. The van der Waals surface area contributed by atoms with Gasteiger partial charge >= 0.3 is 0 Å². The van der Waals surface area contributed by atoms with Gasteiger partial charge in [0.25, 0.3) is 0 Å². The van der Waals surface area contributed by atoms with Gasteiger partial charge in [-0.1, -0.05) is 36.4 Å². The van der Waals surface area contributed by atoms with Gasteiger partial charge in [-0.25, -0.2) is 0 Å². The van der Waals surface area contributed by atoms with E-state index in [1.54, 1.807) is 0 Å². The Morgan fingerprint density at radius 3 is 2.80 bits per heavy atom. The molecule has 1 aromatic carbocycles. The van der Waals surface area contributed by atoms with Gasteiger partial charge in [0.05, 0.1) is 0 Å². The van der Waals surface area contributed by atoms with E-state index in [1.807, 2.05) is 7.05 Å². The Kier molecular flexibility index (Phi) is 3.41. The lowest BCUT2D eigenvalue weighted by molar-refractivity contribution is 0.277. The summed E-state index contributed by atoms with van der Waals surface area (Å²) < 4.78 is 0. The molecule has 0 atom stereocenters. The molecule has 0 bridgehead atoms. The van der Waals surface area contributed by atoms with Crippen molar-refractivity contribution in [2.75, 3.05) is 20.1 Å². The number of rotatable bonds is 3. The van der Waals surface area contributed by atoms with Crippen LogP contribution in [0.15, 0.2) is 42.1 Å². The van der Waals surface area contributed by atoms with Crippen molar-refractivity contribution in [3.05, 3.63) is 47.7 Å². The number of benzene rings is 1. The van der Waals surface area contributed by atoms with Gasteiger partial charge in [0.1, 0.15) is 0 Å². The molecule has 15 heavy (non-hydrogen) atoms. The highest BCUT2D eigenvalue weighted by molar-refractivity contribution is 5.15. The SMILES string of the molecule is CNC1=CCCN(Cc2ccccc2)C1. The van der Waals surface area contributed by atoms with Crippen molar-refractivity contribution >= 4 is 0 Å². The van der Waals surface area contributed by atoms with E-state index < -0.39 is 0 Å². The molecule has 0 spiro atoms. The molecule has 2 heteroatoms. The Balaban J connectivity index is 1.94. The normalized spacial score (nSPS) is 17.3. The largest absolute Gasteiger partial charge is 0.391 e. The minimum atomic E-state index is 1.05. The van der Waals surface area contributed by atoms with Crippen molar-refractivity contribution in [3.8, 4) is 0 Å². The Labute approximate surface area is 91.6 Å². The zero-order valence-corrected chi connectivity index (χ0v) is 9.24. The number of likely N-dealkylation sites (N-methyl/N-ethyl adjacent to an activating group) is 1. The van der Waals surface area contributed by atoms with Crippen LogP contribution in [0.5, 0.6) is 0 Å². The van der Waals surface area contributed by atoms with Crippen molar-refractivity contribution in [1.82, 2.24) is 10.2 Å². The van der Waals surface area contributed by atoms with E-state index in [9.17, 15) is 0 Å². The molecular formula is C13H18N2. The molecule has 1 aromatic rings. The molecule has 80 valence electrons. The minimum absolute atomic E-state index is 1.05. The third kappa shape index (κ3) is 2.83. The molecule has 0 saturated heterocycles.